The summed E-state index contributed by atoms with van der Waals surface area (Å²) in [6.07, 6.45) is 0. The van der Waals surface area contributed by atoms with Crippen LogP contribution >= 0.6 is 11.3 Å². The van der Waals surface area contributed by atoms with Crippen LogP contribution in [0.2, 0.25) is 0 Å². The van der Waals surface area contributed by atoms with Crippen molar-refractivity contribution in [1.29, 1.82) is 0 Å². The first-order chi connectivity index (χ1) is 13.6. The molecule has 9 nitrogen and oxygen atoms in total. The molecular formula is C17H16N4O5S3. The molecule has 1 aromatic heterocycles. The lowest BCUT2D eigenvalue weighted by Gasteiger charge is -2.05. The van der Waals surface area contributed by atoms with Gasteiger partial charge in [0.15, 0.2) is 5.13 Å². The lowest BCUT2D eigenvalue weighted by atomic mass is 10.2. The Morgan fingerprint density at radius 2 is 1.62 bits per heavy atom. The third-order valence-corrected chi connectivity index (χ3v) is 6.89. The number of aromatic nitrogens is 1. The maximum Gasteiger partial charge on any atom is 0.271 e. The molecule has 0 unspecified atom stereocenters. The first-order valence-corrected chi connectivity index (χ1v) is 12.0. The van der Waals surface area contributed by atoms with Gasteiger partial charge in [0.25, 0.3) is 15.9 Å². The number of nitrogens with one attached hydrogen (secondary N) is 2. The smallest absolute Gasteiger partial charge is 0.271 e. The van der Waals surface area contributed by atoms with Gasteiger partial charge >= 0.3 is 0 Å². The summed E-state index contributed by atoms with van der Waals surface area (Å²) in [6.45, 7) is 0.131. The molecule has 0 saturated heterocycles. The fraction of sp³-hybridized carbons (Fsp3) is 0.0588. The summed E-state index contributed by atoms with van der Waals surface area (Å²) < 4.78 is 49.4. The van der Waals surface area contributed by atoms with Crippen LogP contribution in [-0.4, -0.2) is 27.7 Å². The molecular weight excluding hydrogens is 436 g/mol. The van der Waals surface area contributed by atoms with E-state index in [-0.39, 0.29) is 27.2 Å². The minimum Gasteiger partial charge on any atom is -0.347 e. The van der Waals surface area contributed by atoms with Crippen LogP contribution in [0.25, 0.3) is 0 Å². The molecule has 0 saturated carbocycles. The Morgan fingerprint density at radius 1 is 0.966 bits per heavy atom. The highest BCUT2D eigenvalue weighted by molar-refractivity contribution is 7.93. The average Bonchev–Trinajstić information content (AvgIpc) is 3.14. The highest BCUT2D eigenvalue weighted by Crippen LogP contribution is 2.20. The number of thiazole rings is 1. The molecule has 0 atom stereocenters. The van der Waals surface area contributed by atoms with Gasteiger partial charge in [-0.2, -0.15) is 0 Å². The van der Waals surface area contributed by atoms with E-state index >= 15 is 0 Å². The Labute approximate surface area is 171 Å². The Kier molecular flexibility index (Phi) is 5.98. The van der Waals surface area contributed by atoms with Crippen molar-refractivity contribution in [3.05, 3.63) is 71.2 Å². The van der Waals surface area contributed by atoms with Crippen LogP contribution in [0.5, 0.6) is 0 Å². The zero-order valence-electron chi connectivity index (χ0n) is 14.8. The summed E-state index contributed by atoms with van der Waals surface area (Å²) in [4.78, 5) is 16.3. The highest BCUT2D eigenvalue weighted by atomic mass is 32.2. The van der Waals surface area contributed by atoms with E-state index in [0.717, 1.165) is 11.3 Å². The van der Waals surface area contributed by atoms with Gasteiger partial charge in [-0.1, -0.05) is 30.3 Å². The van der Waals surface area contributed by atoms with Crippen molar-refractivity contribution in [2.24, 2.45) is 5.14 Å². The molecule has 29 heavy (non-hydrogen) atoms. The van der Waals surface area contributed by atoms with Gasteiger partial charge in [-0.3, -0.25) is 9.52 Å². The molecule has 1 amide bonds. The summed E-state index contributed by atoms with van der Waals surface area (Å²) in [5.41, 5.74) is 0.716. The van der Waals surface area contributed by atoms with Crippen LogP contribution in [0.1, 0.15) is 16.1 Å². The minimum absolute atomic E-state index is 0.0255. The molecule has 152 valence electrons. The topological polar surface area (TPSA) is 148 Å². The van der Waals surface area contributed by atoms with Gasteiger partial charge in [-0.05, 0) is 29.8 Å². The van der Waals surface area contributed by atoms with E-state index in [1.165, 1.54) is 41.8 Å². The molecule has 3 rings (SSSR count). The molecule has 2 aromatic carbocycles. The Hall–Kier alpha value is -2.80. The van der Waals surface area contributed by atoms with E-state index in [1.54, 1.807) is 18.2 Å². The Bertz CT molecular complexity index is 1220. The molecule has 1 heterocycles. The van der Waals surface area contributed by atoms with Crippen molar-refractivity contribution in [3.63, 3.8) is 0 Å². The molecule has 0 bridgehead atoms. The van der Waals surface area contributed by atoms with E-state index in [0.29, 0.717) is 5.56 Å². The van der Waals surface area contributed by atoms with E-state index in [2.05, 4.69) is 15.0 Å². The maximum absolute atomic E-state index is 12.3. The number of hydrogen-bond acceptors (Lipinski definition) is 7. The number of nitrogens with two attached hydrogens (primary N) is 1. The average molecular weight is 453 g/mol. The summed E-state index contributed by atoms with van der Waals surface area (Å²) in [5, 5.41) is 9.16. The first kappa shape index (κ1) is 20.9. The van der Waals surface area contributed by atoms with Gasteiger partial charge in [0.1, 0.15) is 5.69 Å². The van der Waals surface area contributed by atoms with Gasteiger partial charge in [0.2, 0.25) is 10.0 Å². The molecule has 0 spiro atoms. The number of primary sulfonamides is 1. The van der Waals surface area contributed by atoms with Gasteiger partial charge < -0.3 is 5.32 Å². The van der Waals surface area contributed by atoms with Gasteiger partial charge in [0, 0.05) is 11.9 Å². The van der Waals surface area contributed by atoms with E-state index in [4.69, 9.17) is 5.14 Å². The fourth-order valence-corrected chi connectivity index (χ4v) is 4.75. The maximum atomic E-state index is 12.3. The number of amides is 1. The van der Waals surface area contributed by atoms with Gasteiger partial charge in [-0.25, -0.2) is 27.0 Å². The van der Waals surface area contributed by atoms with Crippen molar-refractivity contribution in [2.45, 2.75) is 16.3 Å². The lowest BCUT2D eigenvalue weighted by Crippen LogP contribution is -2.23. The van der Waals surface area contributed by atoms with Crippen molar-refractivity contribution >= 4 is 42.4 Å². The van der Waals surface area contributed by atoms with Crippen LogP contribution in [-0.2, 0) is 26.6 Å². The van der Waals surface area contributed by atoms with E-state index in [9.17, 15) is 21.6 Å². The number of hydrogen-bond donors (Lipinski definition) is 3. The zero-order valence-corrected chi connectivity index (χ0v) is 17.2. The summed E-state index contributed by atoms with van der Waals surface area (Å²) >= 11 is 0.983. The predicted molar refractivity (Wildman–Crippen MR) is 108 cm³/mol. The molecule has 0 radical (unpaired) electrons. The van der Waals surface area contributed by atoms with Crippen molar-refractivity contribution < 1.29 is 21.6 Å². The van der Waals surface area contributed by atoms with E-state index < -0.39 is 26.0 Å². The number of carbonyl (C=O) groups is 1. The van der Waals surface area contributed by atoms with Crippen LogP contribution in [0.15, 0.2) is 69.8 Å². The molecule has 0 aliphatic rings. The van der Waals surface area contributed by atoms with Crippen LogP contribution in [0, 0.1) is 0 Å². The zero-order chi connectivity index (χ0) is 21.1. The van der Waals surface area contributed by atoms with Crippen molar-refractivity contribution in [3.8, 4) is 0 Å². The second-order valence-corrected chi connectivity index (χ2v) is 9.93. The van der Waals surface area contributed by atoms with Crippen molar-refractivity contribution in [1.82, 2.24) is 10.3 Å². The largest absolute Gasteiger partial charge is 0.347 e. The predicted octanol–water partition coefficient (Wildman–Crippen LogP) is 1.52. The number of benzene rings is 2. The normalized spacial score (nSPS) is 11.8. The van der Waals surface area contributed by atoms with Gasteiger partial charge in [0.05, 0.1) is 9.79 Å². The summed E-state index contributed by atoms with van der Waals surface area (Å²) in [6, 6.07) is 13.5. The molecule has 3 aromatic rings. The fourth-order valence-electron chi connectivity index (χ4n) is 2.27. The third kappa shape index (κ3) is 5.38. The second-order valence-electron chi connectivity index (χ2n) is 5.83. The number of nitrogens with zero attached hydrogens (tertiary/aromatic N) is 1. The SMILES string of the molecule is NS(=O)(=O)c1ccc(CNC(=O)c2csc(NS(=O)(=O)c3ccccc3)n2)cc1. The second kappa shape index (κ2) is 8.29. The standard InChI is InChI=1S/C17H16N4O5S3/c18-28(23,24)13-8-6-12(7-9-13)10-19-16(22)15-11-27-17(20-15)21-29(25,26)14-4-2-1-3-5-14/h1-9,11H,10H2,(H,19,22)(H,20,21)(H2,18,23,24). The minimum atomic E-state index is -3.79. The Morgan fingerprint density at radius 3 is 2.24 bits per heavy atom. The summed E-state index contributed by atoms with van der Waals surface area (Å²) in [7, 11) is -7.57. The van der Waals surface area contributed by atoms with E-state index in [1.807, 2.05) is 0 Å². The number of rotatable bonds is 7. The quantitative estimate of drug-likeness (QED) is 0.495. The number of carbonyl (C=O) groups excluding carboxylic acids is 1. The van der Waals surface area contributed by atoms with Gasteiger partial charge in [-0.15, -0.1) is 11.3 Å². The molecule has 0 aliphatic heterocycles. The highest BCUT2D eigenvalue weighted by Gasteiger charge is 2.17. The molecule has 0 fully saturated rings. The van der Waals surface area contributed by atoms with Crippen LogP contribution in [0.3, 0.4) is 0 Å². The summed E-state index contributed by atoms with van der Waals surface area (Å²) in [5.74, 6) is -0.498. The lowest BCUT2D eigenvalue weighted by molar-refractivity contribution is 0.0946. The molecule has 0 aliphatic carbocycles. The number of anilines is 1. The third-order valence-electron chi connectivity index (χ3n) is 3.72. The molecule has 4 N–H and O–H groups in total. The van der Waals surface area contributed by atoms with Crippen LogP contribution < -0.4 is 15.2 Å². The number of sulfonamides is 2. The van der Waals surface area contributed by atoms with Crippen LogP contribution in [0.4, 0.5) is 5.13 Å². The first-order valence-electron chi connectivity index (χ1n) is 8.08. The van der Waals surface area contributed by atoms with Crippen molar-refractivity contribution in [2.75, 3.05) is 4.72 Å². The molecule has 12 heteroatoms. The monoisotopic (exact) mass is 452 g/mol. The Balaban J connectivity index is 1.62.